The van der Waals surface area contributed by atoms with Crippen molar-refractivity contribution in [1.82, 2.24) is 10.2 Å². The molecule has 5 rings (SSSR count). The molecule has 0 spiro atoms. The Labute approximate surface area is 130 Å². The van der Waals surface area contributed by atoms with Gasteiger partial charge in [-0.15, -0.1) is 21.8 Å². The monoisotopic (exact) mass is 310 g/mol. The van der Waals surface area contributed by atoms with Gasteiger partial charge in [-0.25, -0.2) is 0 Å². The van der Waals surface area contributed by atoms with Gasteiger partial charge >= 0.3 is 0 Å². The second-order valence-electron chi connectivity index (χ2n) is 8.47. The molecular formula is C16H23ClN2S. The number of rotatable bonds is 2. The van der Waals surface area contributed by atoms with Crippen molar-refractivity contribution >= 4 is 22.9 Å². The third kappa shape index (κ3) is 1.89. The van der Waals surface area contributed by atoms with E-state index in [0.717, 1.165) is 10.9 Å². The molecule has 0 aliphatic heterocycles. The molecule has 0 aromatic carbocycles. The number of nitrogens with zero attached hydrogens (tertiary/aromatic N) is 2. The smallest absolute Gasteiger partial charge is 0.135 e. The minimum Gasteiger partial charge on any atom is -0.143 e. The lowest BCUT2D eigenvalue weighted by atomic mass is 9.40. The van der Waals surface area contributed by atoms with Crippen LogP contribution in [0.15, 0.2) is 0 Å². The summed E-state index contributed by atoms with van der Waals surface area (Å²) >= 11 is 7.96. The van der Waals surface area contributed by atoms with Crippen LogP contribution in [0.2, 0.25) is 0 Å². The molecule has 110 valence electrons. The van der Waals surface area contributed by atoms with Gasteiger partial charge in [0, 0.05) is 5.41 Å². The van der Waals surface area contributed by atoms with Gasteiger partial charge in [-0.05, 0) is 62.2 Å². The lowest BCUT2D eigenvalue weighted by molar-refractivity contribution is -0.110. The molecule has 0 saturated heterocycles. The predicted molar refractivity (Wildman–Crippen MR) is 83.3 cm³/mol. The maximum atomic E-state index is 6.19. The Morgan fingerprint density at radius 2 is 1.75 bits per heavy atom. The van der Waals surface area contributed by atoms with Crippen LogP contribution in [-0.4, -0.2) is 10.2 Å². The quantitative estimate of drug-likeness (QED) is 0.711. The average Bonchev–Trinajstić information content (AvgIpc) is 2.72. The highest BCUT2D eigenvalue weighted by atomic mass is 35.5. The standard InChI is InChI=1S/C16H23ClN2S/c1-10(17)12-18-19-13(20-12)16-6-11-4-14(2,8-16)7-15(3,5-11)9-16/h10-11H,4-9H2,1-3H3. The molecule has 0 amide bonds. The van der Waals surface area contributed by atoms with Crippen LogP contribution in [-0.2, 0) is 5.41 Å². The van der Waals surface area contributed by atoms with Crippen molar-refractivity contribution in [2.45, 2.75) is 70.1 Å². The molecule has 3 unspecified atom stereocenters. The average molecular weight is 311 g/mol. The van der Waals surface area contributed by atoms with E-state index in [0.29, 0.717) is 16.2 Å². The largest absolute Gasteiger partial charge is 0.143 e. The Balaban J connectivity index is 1.76. The Morgan fingerprint density at radius 1 is 1.10 bits per heavy atom. The van der Waals surface area contributed by atoms with Crippen molar-refractivity contribution in [3.63, 3.8) is 0 Å². The first-order valence-corrected chi connectivity index (χ1v) is 9.05. The summed E-state index contributed by atoms with van der Waals surface area (Å²) in [6, 6.07) is 0. The third-order valence-electron chi connectivity index (χ3n) is 5.86. The molecule has 2 nitrogen and oxygen atoms in total. The van der Waals surface area contributed by atoms with E-state index in [4.69, 9.17) is 11.6 Å². The van der Waals surface area contributed by atoms with Crippen LogP contribution in [0.1, 0.15) is 74.7 Å². The van der Waals surface area contributed by atoms with Crippen LogP contribution in [0.3, 0.4) is 0 Å². The molecule has 4 aliphatic carbocycles. The highest BCUT2D eigenvalue weighted by molar-refractivity contribution is 7.11. The summed E-state index contributed by atoms with van der Waals surface area (Å²) in [5.41, 5.74) is 1.38. The van der Waals surface area contributed by atoms with Gasteiger partial charge in [-0.2, -0.15) is 0 Å². The molecule has 20 heavy (non-hydrogen) atoms. The molecule has 4 saturated carbocycles. The molecule has 0 radical (unpaired) electrons. The van der Waals surface area contributed by atoms with E-state index in [1.54, 1.807) is 11.3 Å². The molecule has 4 bridgehead atoms. The van der Waals surface area contributed by atoms with Crippen molar-refractivity contribution in [2.24, 2.45) is 16.7 Å². The van der Waals surface area contributed by atoms with E-state index in [1.807, 2.05) is 6.92 Å². The summed E-state index contributed by atoms with van der Waals surface area (Å²) in [5, 5.41) is 11.2. The van der Waals surface area contributed by atoms with Gasteiger partial charge in [0.1, 0.15) is 10.0 Å². The Hall–Kier alpha value is -0.150. The van der Waals surface area contributed by atoms with Gasteiger partial charge in [-0.1, -0.05) is 25.2 Å². The second-order valence-corrected chi connectivity index (χ2v) is 10.1. The summed E-state index contributed by atoms with van der Waals surface area (Å²) in [7, 11) is 0. The number of alkyl halides is 1. The summed E-state index contributed by atoms with van der Waals surface area (Å²) < 4.78 is 0. The van der Waals surface area contributed by atoms with Crippen LogP contribution < -0.4 is 0 Å². The first kappa shape index (κ1) is 13.5. The molecule has 1 heterocycles. The van der Waals surface area contributed by atoms with Gasteiger partial charge < -0.3 is 0 Å². The van der Waals surface area contributed by atoms with E-state index < -0.39 is 0 Å². The van der Waals surface area contributed by atoms with E-state index >= 15 is 0 Å². The van der Waals surface area contributed by atoms with Crippen LogP contribution in [0, 0.1) is 16.7 Å². The van der Waals surface area contributed by atoms with Crippen LogP contribution in [0.25, 0.3) is 0 Å². The van der Waals surface area contributed by atoms with Crippen LogP contribution in [0.5, 0.6) is 0 Å². The van der Waals surface area contributed by atoms with Crippen LogP contribution in [0.4, 0.5) is 0 Å². The number of hydrogen-bond acceptors (Lipinski definition) is 3. The topological polar surface area (TPSA) is 25.8 Å². The number of halogens is 1. The fourth-order valence-corrected chi connectivity index (χ4v) is 7.44. The predicted octanol–water partition coefficient (Wildman–Crippen LogP) is 5.09. The molecule has 4 heteroatoms. The Bertz CT molecular complexity index is 534. The van der Waals surface area contributed by atoms with Gasteiger partial charge in [0.2, 0.25) is 0 Å². The van der Waals surface area contributed by atoms with E-state index in [2.05, 4.69) is 24.0 Å². The summed E-state index contributed by atoms with van der Waals surface area (Å²) in [6.07, 6.45) is 8.25. The normalized spacial score (nSPS) is 47.7. The van der Waals surface area contributed by atoms with Gasteiger partial charge in [0.15, 0.2) is 0 Å². The van der Waals surface area contributed by atoms with Crippen molar-refractivity contribution in [1.29, 1.82) is 0 Å². The van der Waals surface area contributed by atoms with Crippen molar-refractivity contribution in [3.8, 4) is 0 Å². The highest BCUT2D eigenvalue weighted by Crippen LogP contribution is 2.70. The first-order chi connectivity index (χ1) is 9.32. The Kier molecular flexibility index (Phi) is 2.69. The SMILES string of the molecule is CC(Cl)c1nnc(C23CC4CC(C)(CC(C)(C4)C2)C3)s1. The molecule has 4 aliphatic rings. The zero-order valence-corrected chi connectivity index (χ0v) is 14.2. The fraction of sp³-hybridized carbons (Fsp3) is 0.875. The minimum atomic E-state index is -0.0127. The zero-order chi connectivity index (χ0) is 14.2. The van der Waals surface area contributed by atoms with Crippen LogP contribution >= 0.6 is 22.9 Å². The Morgan fingerprint density at radius 3 is 2.25 bits per heavy atom. The highest BCUT2D eigenvalue weighted by Gasteiger charge is 2.61. The number of hydrogen-bond donors (Lipinski definition) is 0. The van der Waals surface area contributed by atoms with E-state index in [1.165, 1.54) is 43.5 Å². The fourth-order valence-electron chi connectivity index (χ4n) is 6.30. The lowest BCUT2D eigenvalue weighted by Crippen LogP contribution is -2.56. The molecular weight excluding hydrogens is 288 g/mol. The summed E-state index contributed by atoms with van der Waals surface area (Å²) in [4.78, 5) is 0. The second kappa shape index (κ2) is 3.98. The molecule has 1 aromatic heterocycles. The molecule has 3 atom stereocenters. The molecule has 0 N–H and O–H groups in total. The lowest BCUT2D eigenvalue weighted by Gasteiger charge is -2.64. The maximum Gasteiger partial charge on any atom is 0.135 e. The van der Waals surface area contributed by atoms with Gasteiger partial charge in [0.25, 0.3) is 0 Å². The van der Waals surface area contributed by atoms with E-state index in [-0.39, 0.29) is 5.38 Å². The van der Waals surface area contributed by atoms with Gasteiger partial charge in [-0.3, -0.25) is 0 Å². The zero-order valence-electron chi connectivity index (χ0n) is 12.6. The summed E-state index contributed by atoms with van der Waals surface area (Å²) in [6.45, 7) is 7.02. The minimum absolute atomic E-state index is 0.0127. The molecule has 1 aromatic rings. The molecule has 4 fully saturated rings. The van der Waals surface area contributed by atoms with Gasteiger partial charge in [0.05, 0.1) is 5.38 Å². The van der Waals surface area contributed by atoms with Crippen molar-refractivity contribution in [3.05, 3.63) is 10.0 Å². The first-order valence-electron chi connectivity index (χ1n) is 7.80. The van der Waals surface area contributed by atoms with E-state index in [9.17, 15) is 0 Å². The van der Waals surface area contributed by atoms with Crippen molar-refractivity contribution in [2.75, 3.05) is 0 Å². The van der Waals surface area contributed by atoms with Crippen molar-refractivity contribution < 1.29 is 0 Å². The number of aromatic nitrogens is 2. The third-order valence-corrected chi connectivity index (χ3v) is 7.55. The summed E-state index contributed by atoms with van der Waals surface area (Å²) in [5.74, 6) is 0.905. The maximum absolute atomic E-state index is 6.19.